The molecular weight excluding hydrogens is 283 g/mol. The van der Waals surface area contributed by atoms with Gasteiger partial charge in [-0.3, -0.25) is 9.78 Å². The van der Waals surface area contributed by atoms with Crippen LogP contribution in [-0.2, 0) is 6.54 Å². The maximum atomic E-state index is 13.2. The number of halogens is 1. The molecule has 0 atom stereocenters. The average molecular weight is 296 g/mol. The van der Waals surface area contributed by atoms with Gasteiger partial charge in [0.2, 0.25) is 0 Å². The van der Waals surface area contributed by atoms with E-state index in [2.05, 4.69) is 4.98 Å². The monoisotopic (exact) mass is 296 g/mol. The molecule has 1 heterocycles. The van der Waals surface area contributed by atoms with Gasteiger partial charge >= 0.3 is 0 Å². The smallest absolute Gasteiger partial charge is 0.252 e. The van der Waals surface area contributed by atoms with Gasteiger partial charge in [0, 0.05) is 24.2 Å². The summed E-state index contributed by atoms with van der Waals surface area (Å²) in [7, 11) is 1.41. The predicted octanol–water partition coefficient (Wildman–Crippen LogP) is 1.71. The Labute approximate surface area is 119 Å². The number of hydrogen-bond acceptors (Lipinski definition) is 4. The second-order valence-electron chi connectivity index (χ2n) is 4.04. The maximum absolute atomic E-state index is 13.2. The summed E-state index contributed by atoms with van der Waals surface area (Å²) in [5, 5.41) is 9.11. The molecule has 0 aliphatic heterocycles. The number of benzene rings is 1. The molecule has 7 heteroatoms. The van der Waals surface area contributed by atoms with Crippen LogP contribution < -0.4 is 10.3 Å². The first-order chi connectivity index (χ1) is 9.56. The third kappa shape index (κ3) is 2.78. The van der Waals surface area contributed by atoms with Crippen molar-refractivity contribution in [3.63, 3.8) is 0 Å². The van der Waals surface area contributed by atoms with E-state index < -0.39 is 5.82 Å². The summed E-state index contributed by atoms with van der Waals surface area (Å²) in [4.78, 5) is 14.1. The van der Waals surface area contributed by atoms with Crippen LogP contribution in [0, 0.1) is 10.6 Å². The fourth-order valence-electron chi connectivity index (χ4n) is 1.94. The molecule has 106 valence electrons. The average Bonchev–Trinajstić information content (AvgIpc) is 2.41. The van der Waals surface area contributed by atoms with Crippen LogP contribution in [0.1, 0.15) is 0 Å². The molecule has 0 bridgehead atoms. The van der Waals surface area contributed by atoms with Gasteiger partial charge in [0.25, 0.3) is 5.56 Å². The molecule has 1 aromatic heterocycles. The van der Waals surface area contributed by atoms with Crippen molar-refractivity contribution >= 4 is 12.2 Å². The van der Waals surface area contributed by atoms with Crippen LogP contribution in [0.25, 0.3) is 11.3 Å². The summed E-state index contributed by atoms with van der Waals surface area (Å²) in [6.45, 7) is 0.0718. The molecule has 0 aliphatic rings. The van der Waals surface area contributed by atoms with Crippen LogP contribution in [0.15, 0.2) is 29.1 Å². The van der Waals surface area contributed by atoms with Crippen LogP contribution in [0.2, 0.25) is 0 Å². The molecule has 0 fully saturated rings. The second-order valence-corrected chi connectivity index (χ2v) is 4.43. The van der Waals surface area contributed by atoms with Crippen molar-refractivity contribution in [2.75, 3.05) is 13.7 Å². The van der Waals surface area contributed by atoms with Crippen molar-refractivity contribution in [3.8, 4) is 17.0 Å². The molecule has 0 unspecified atom stereocenters. The van der Waals surface area contributed by atoms with Gasteiger partial charge in [-0.05, 0) is 24.4 Å². The first-order valence-electron chi connectivity index (χ1n) is 5.85. The Morgan fingerprint density at radius 1 is 1.45 bits per heavy atom. The molecule has 0 spiro atoms. The zero-order valence-electron chi connectivity index (χ0n) is 10.7. The molecular formula is C13H13FN2O3S. The highest BCUT2D eigenvalue weighted by atomic mass is 32.1. The normalized spacial score (nSPS) is 10.6. The number of methoxy groups -OCH3 is 1. The van der Waals surface area contributed by atoms with E-state index in [4.69, 9.17) is 22.1 Å². The summed E-state index contributed by atoms with van der Waals surface area (Å²) in [6.07, 6.45) is 0. The molecule has 5 nitrogen and oxygen atoms in total. The van der Waals surface area contributed by atoms with E-state index in [9.17, 15) is 9.18 Å². The SMILES string of the molecule is COc1cc(F)ccc1-c1cc(=O)[nH]c(=S)n1CCO. The lowest BCUT2D eigenvalue weighted by atomic mass is 10.1. The Hall–Kier alpha value is -1.99. The van der Waals surface area contributed by atoms with Gasteiger partial charge in [-0.2, -0.15) is 0 Å². The highest BCUT2D eigenvalue weighted by Crippen LogP contribution is 2.29. The van der Waals surface area contributed by atoms with Gasteiger partial charge < -0.3 is 14.4 Å². The lowest BCUT2D eigenvalue weighted by Gasteiger charge is -2.15. The first-order valence-corrected chi connectivity index (χ1v) is 6.26. The number of aromatic nitrogens is 2. The highest BCUT2D eigenvalue weighted by molar-refractivity contribution is 7.71. The van der Waals surface area contributed by atoms with Gasteiger partial charge in [0.1, 0.15) is 11.6 Å². The van der Waals surface area contributed by atoms with E-state index in [1.807, 2.05) is 0 Å². The largest absolute Gasteiger partial charge is 0.496 e. The third-order valence-electron chi connectivity index (χ3n) is 2.80. The molecule has 0 saturated carbocycles. The summed E-state index contributed by atoms with van der Waals surface area (Å²) in [6, 6.07) is 5.33. The topological polar surface area (TPSA) is 67.2 Å². The van der Waals surface area contributed by atoms with Crippen molar-refractivity contribution in [3.05, 3.63) is 45.2 Å². The van der Waals surface area contributed by atoms with Crippen molar-refractivity contribution in [2.24, 2.45) is 0 Å². The molecule has 0 saturated heterocycles. The fourth-order valence-corrected chi connectivity index (χ4v) is 2.23. The molecule has 1 aromatic carbocycles. The number of rotatable bonds is 4. The predicted molar refractivity (Wildman–Crippen MR) is 74.9 cm³/mol. The number of nitrogens with one attached hydrogen (secondary N) is 1. The quantitative estimate of drug-likeness (QED) is 0.843. The number of aliphatic hydroxyl groups is 1. The van der Waals surface area contributed by atoms with Crippen LogP contribution in [-0.4, -0.2) is 28.4 Å². The van der Waals surface area contributed by atoms with Crippen LogP contribution in [0.4, 0.5) is 4.39 Å². The Morgan fingerprint density at radius 3 is 2.85 bits per heavy atom. The first kappa shape index (κ1) is 14.4. The minimum absolute atomic E-state index is 0.142. The minimum atomic E-state index is -0.442. The van der Waals surface area contributed by atoms with Gasteiger partial charge in [-0.25, -0.2) is 4.39 Å². The number of nitrogens with zero attached hydrogens (tertiary/aromatic N) is 1. The molecule has 0 radical (unpaired) electrons. The van der Waals surface area contributed by atoms with Gasteiger partial charge in [0.05, 0.1) is 19.4 Å². The summed E-state index contributed by atoms with van der Waals surface area (Å²) < 4.78 is 20.1. The van der Waals surface area contributed by atoms with E-state index >= 15 is 0 Å². The molecule has 2 aromatic rings. The van der Waals surface area contributed by atoms with Gasteiger partial charge in [-0.1, -0.05) is 0 Å². The summed E-state index contributed by atoms with van der Waals surface area (Å²) in [5.41, 5.74) is 0.620. The third-order valence-corrected chi connectivity index (χ3v) is 3.12. The fraction of sp³-hybridized carbons (Fsp3) is 0.231. The lowest BCUT2D eigenvalue weighted by Crippen LogP contribution is -2.16. The van der Waals surface area contributed by atoms with Gasteiger partial charge in [0.15, 0.2) is 4.77 Å². The Balaban J connectivity index is 2.74. The molecule has 0 amide bonds. The van der Waals surface area contributed by atoms with Crippen molar-refractivity contribution < 1.29 is 14.2 Å². The number of ether oxygens (including phenoxy) is 1. The van der Waals surface area contributed by atoms with E-state index in [1.54, 1.807) is 4.57 Å². The van der Waals surface area contributed by atoms with Crippen molar-refractivity contribution in [2.45, 2.75) is 6.54 Å². The summed E-state index contributed by atoms with van der Waals surface area (Å²) >= 11 is 5.08. The highest BCUT2D eigenvalue weighted by Gasteiger charge is 2.12. The van der Waals surface area contributed by atoms with Crippen LogP contribution in [0.3, 0.4) is 0 Å². The van der Waals surface area contributed by atoms with Crippen molar-refractivity contribution in [1.82, 2.24) is 9.55 Å². The Bertz CT molecular complexity index is 739. The molecule has 2 rings (SSSR count). The lowest BCUT2D eigenvalue weighted by molar-refractivity contribution is 0.275. The van der Waals surface area contributed by atoms with E-state index in [-0.39, 0.29) is 29.2 Å². The molecule has 20 heavy (non-hydrogen) atoms. The van der Waals surface area contributed by atoms with Crippen LogP contribution >= 0.6 is 12.2 Å². The minimum Gasteiger partial charge on any atom is -0.496 e. The standard InChI is InChI=1S/C13H13FN2O3S/c1-19-11-6-8(14)2-3-9(11)10-7-12(18)15-13(20)16(10)4-5-17/h2-3,6-7,17H,4-5H2,1H3,(H,15,18,20). The van der Waals surface area contributed by atoms with Gasteiger partial charge in [-0.15, -0.1) is 0 Å². The number of aliphatic hydroxyl groups excluding tert-OH is 1. The number of H-pyrrole nitrogens is 1. The number of hydrogen-bond donors (Lipinski definition) is 2. The molecule has 2 N–H and O–H groups in total. The second kappa shape index (κ2) is 5.98. The zero-order valence-corrected chi connectivity index (χ0v) is 11.5. The van der Waals surface area contributed by atoms with Crippen LogP contribution in [0.5, 0.6) is 5.75 Å². The zero-order chi connectivity index (χ0) is 14.7. The number of aromatic amines is 1. The maximum Gasteiger partial charge on any atom is 0.252 e. The molecule has 0 aliphatic carbocycles. The summed E-state index contributed by atoms with van der Waals surface area (Å²) in [5.74, 6) is -0.153. The Kier molecular flexibility index (Phi) is 4.31. The van der Waals surface area contributed by atoms with E-state index in [0.29, 0.717) is 11.3 Å². The van der Waals surface area contributed by atoms with Crippen molar-refractivity contribution in [1.29, 1.82) is 0 Å². The van der Waals surface area contributed by atoms with E-state index in [0.717, 1.165) is 0 Å². The Morgan fingerprint density at radius 2 is 2.20 bits per heavy atom. The van der Waals surface area contributed by atoms with E-state index in [1.165, 1.54) is 31.4 Å².